The molecule has 0 saturated heterocycles. The lowest BCUT2D eigenvalue weighted by molar-refractivity contribution is 0.250. The number of rotatable bonds is 5. The summed E-state index contributed by atoms with van der Waals surface area (Å²) in [6, 6.07) is 6.65. The first kappa shape index (κ1) is 13.6. The molecular weight excluding hydrogens is 262 g/mol. The number of nitrogens with two attached hydrogens (primary N) is 1. The number of amides is 2. The second-order valence-corrected chi connectivity index (χ2v) is 4.99. The fourth-order valence-electron chi connectivity index (χ4n) is 1.90. The van der Waals surface area contributed by atoms with Crippen molar-refractivity contribution in [1.29, 1.82) is 0 Å². The van der Waals surface area contributed by atoms with Crippen LogP contribution < -0.4 is 21.1 Å². The average Bonchev–Trinajstić information content (AvgIpc) is 3.20. The molecule has 2 rings (SSSR count). The average molecular weight is 279 g/mol. The molecule has 1 aromatic rings. The summed E-state index contributed by atoms with van der Waals surface area (Å²) in [6.45, 7) is 0. The lowest BCUT2D eigenvalue weighted by atomic mass is 10.2. The number of ether oxygens (including phenoxy) is 1. The fourth-order valence-corrected chi connectivity index (χ4v) is 2.15. The molecule has 0 bridgehead atoms. The lowest BCUT2D eigenvalue weighted by Gasteiger charge is -2.18. The van der Waals surface area contributed by atoms with Crippen LogP contribution in [0.2, 0.25) is 0 Å². The van der Waals surface area contributed by atoms with Gasteiger partial charge in [-0.05, 0) is 30.9 Å². The van der Waals surface area contributed by atoms with Gasteiger partial charge in [0.25, 0.3) is 0 Å². The number of carbonyl (C=O) groups excluding carboxylic acids is 1. The topological polar surface area (TPSA) is 76.4 Å². The Morgan fingerprint density at radius 1 is 1.47 bits per heavy atom. The van der Waals surface area contributed by atoms with Gasteiger partial charge < -0.3 is 21.1 Å². The first-order valence-corrected chi connectivity index (χ1v) is 6.52. The minimum atomic E-state index is -0.325. The van der Waals surface area contributed by atoms with E-state index in [1.807, 2.05) is 12.1 Å². The molecule has 0 spiro atoms. The van der Waals surface area contributed by atoms with Crippen molar-refractivity contribution in [1.82, 2.24) is 5.32 Å². The summed E-state index contributed by atoms with van der Waals surface area (Å²) in [5.74, 6) is 0.983. The Labute approximate surface area is 117 Å². The van der Waals surface area contributed by atoms with E-state index in [2.05, 4.69) is 10.6 Å². The normalized spacial score (nSPS) is 15.4. The predicted molar refractivity (Wildman–Crippen MR) is 78.4 cm³/mol. The largest absolute Gasteiger partial charge is 0.495 e. The number of nitrogens with one attached hydrogen (secondary N) is 2. The highest BCUT2D eigenvalue weighted by atomic mass is 32.1. The molecule has 19 heavy (non-hydrogen) atoms. The summed E-state index contributed by atoms with van der Waals surface area (Å²) in [4.78, 5) is 12.3. The van der Waals surface area contributed by atoms with Crippen LogP contribution >= 0.6 is 12.2 Å². The first-order valence-electron chi connectivity index (χ1n) is 6.11. The molecule has 0 radical (unpaired) electrons. The molecule has 102 valence electrons. The third-order valence-electron chi connectivity index (χ3n) is 3.04. The highest BCUT2D eigenvalue weighted by Crippen LogP contribution is 2.33. The Kier molecular flexibility index (Phi) is 4.21. The molecule has 1 fully saturated rings. The van der Waals surface area contributed by atoms with Crippen molar-refractivity contribution in [3.63, 3.8) is 0 Å². The van der Waals surface area contributed by atoms with E-state index in [1.54, 1.807) is 19.2 Å². The monoisotopic (exact) mass is 279 g/mol. The van der Waals surface area contributed by atoms with E-state index in [4.69, 9.17) is 22.7 Å². The van der Waals surface area contributed by atoms with Crippen LogP contribution in [-0.4, -0.2) is 24.2 Å². The molecule has 1 atom stereocenters. The maximum absolute atomic E-state index is 11.9. The zero-order valence-electron chi connectivity index (χ0n) is 10.7. The number of thiocarbonyl (C=S) groups is 1. The van der Waals surface area contributed by atoms with Crippen LogP contribution in [-0.2, 0) is 0 Å². The van der Waals surface area contributed by atoms with E-state index < -0.39 is 0 Å². The van der Waals surface area contributed by atoms with Crippen molar-refractivity contribution in [3.8, 4) is 5.75 Å². The Morgan fingerprint density at radius 2 is 2.16 bits per heavy atom. The molecule has 2 amide bonds. The summed E-state index contributed by atoms with van der Waals surface area (Å²) in [7, 11) is 1.56. The van der Waals surface area contributed by atoms with Crippen LogP contribution in [0.25, 0.3) is 0 Å². The highest BCUT2D eigenvalue weighted by Gasteiger charge is 2.34. The molecule has 0 aliphatic heterocycles. The second kappa shape index (κ2) is 5.88. The number of carbonyl (C=O) groups is 1. The van der Waals surface area contributed by atoms with Crippen molar-refractivity contribution in [3.05, 3.63) is 24.3 Å². The zero-order valence-corrected chi connectivity index (χ0v) is 11.5. The zero-order chi connectivity index (χ0) is 13.8. The van der Waals surface area contributed by atoms with Gasteiger partial charge in [-0.1, -0.05) is 24.4 Å². The van der Waals surface area contributed by atoms with Crippen molar-refractivity contribution in [2.24, 2.45) is 11.7 Å². The number of methoxy groups -OCH3 is 1. The van der Waals surface area contributed by atoms with Crippen molar-refractivity contribution < 1.29 is 9.53 Å². The molecular formula is C13H17N3O2S. The van der Waals surface area contributed by atoms with Gasteiger partial charge in [0.1, 0.15) is 5.75 Å². The predicted octanol–water partition coefficient (Wildman–Crippen LogP) is 1.88. The molecule has 1 aliphatic carbocycles. The summed E-state index contributed by atoms with van der Waals surface area (Å²) >= 11 is 4.98. The van der Waals surface area contributed by atoms with Gasteiger partial charge in [0, 0.05) is 0 Å². The van der Waals surface area contributed by atoms with Crippen LogP contribution in [0.3, 0.4) is 0 Å². The van der Waals surface area contributed by atoms with Gasteiger partial charge in [0.15, 0.2) is 0 Å². The van der Waals surface area contributed by atoms with Crippen LogP contribution in [0.15, 0.2) is 24.3 Å². The summed E-state index contributed by atoms with van der Waals surface area (Å²) < 4.78 is 5.17. The van der Waals surface area contributed by atoms with Gasteiger partial charge in [0.2, 0.25) is 0 Å². The van der Waals surface area contributed by atoms with E-state index in [0.717, 1.165) is 12.8 Å². The van der Waals surface area contributed by atoms with Gasteiger partial charge in [-0.3, -0.25) is 0 Å². The van der Waals surface area contributed by atoms with E-state index in [0.29, 0.717) is 22.3 Å². The Hall–Kier alpha value is -1.82. The lowest BCUT2D eigenvalue weighted by Crippen LogP contribution is -2.46. The van der Waals surface area contributed by atoms with Gasteiger partial charge in [-0.15, -0.1) is 0 Å². The third kappa shape index (κ3) is 3.57. The molecule has 1 saturated carbocycles. The Morgan fingerprint density at radius 3 is 2.74 bits per heavy atom. The van der Waals surface area contributed by atoms with Gasteiger partial charge in [-0.25, -0.2) is 4.79 Å². The van der Waals surface area contributed by atoms with E-state index in [1.165, 1.54) is 0 Å². The smallest absolute Gasteiger partial charge is 0.319 e. The van der Waals surface area contributed by atoms with E-state index in [9.17, 15) is 4.79 Å². The SMILES string of the molecule is COc1ccccc1NC(=O)NC(C(N)=S)C1CC1. The number of urea groups is 1. The van der Waals surface area contributed by atoms with Gasteiger partial charge in [0.05, 0.1) is 23.8 Å². The number of benzene rings is 1. The number of hydrogen-bond acceptors (Lipinski definition) is 3. The molecule has 4 N–H and O–H groups in total. The standard InChI is InChI=1S/C13H17N3O2S/c1-18-10-5-3-2-4-9(10)15-13(17)16-11(12(14)19)8-6-7-8/h2-5,8,11H,6-7H2,1H3,(H2,14,19)(H2,15,16,17). The van der Waals surface area contributed by atoms with Crippen LogP contribution in [0.5, 0.6) is 5.75 Å². The second-order valence-electron chi connectivity index (χ2n) is 4.52. The molecule has 1 aromatic carbocycles. The van der Waals surface area contributed by atoms with Crippen molar-refractivity contribution in [2.45, 2.75) is 18.9 Å². The first-order chi connectivity index (χ1) is 9.11. The molecule has 0 heterocycles. The molecule has 0 aromatic heterocycles. The molecule has 5 nitrogen and oxygen atoms in total. The number of anilines is 1. The molecule has 6 heteroatoms. The van der Waals surface area contributed by atoms with E-state index in [-0.39, 0.29) is 12.1 Å². The minimum absolute atomic E-state index is 0.232. The van der Waals surface area contributed by atoms with Crippen LogP contribution in [0, 0.1) is 5.92 Å². The summed E-state index contributed by atoms with van der Waals surface area (Å²) in [6.07, 6.45) is 2.11. The highest BCUT2D eigenvalue weighted by molar-refractivity contribution is 7.80. The number of para-hydroxylation sites is 2. The molecule has 1 aliphatic rings. The maximum Gasteiger partial charge on any atom is 0.319 e. The fraction of sp³-hybridized carbons (Fsp3) is 0.385. The van der Waals surface area contributed by atoms with Crippen LogP contribution in [0.4, 0.5) is 10.5 Å². The number of hydrogen-bond donors (Lipinski definition) is 3. The quantitative estimate of drug-likeness (QED) is 0.719. The summed E-state index contributed by atoms with van der Waals surface area (Å²) in [5.41, 5.74) is 6.25. The van der Waals surface area contributed by atoms with Crippen molar-refractivity contribution in [2.75, 3.05) is 12.4 Å². The summed E-state index contributed by atoms with van der Waals surface area (Å²) in [5, 5.41) is 5.55. The molecule has 1 unspecified atom stereocenters. The Balaban J connectivity index is 1.98. The van der Waals surface area contributed by atoms with E-state index >= 15 is 0 Å². The minimum Gasteiger partial charge on any atom is -0.495 e. The van der Waals surface area contributed by atoms with Gasteiger partial charge >= 0.3 is 6.03 Å². The van der Waals surface area contributed by atoms with Crippen molar-refractivity contribution >= 4 is 28.9 Å². The Bertz CT molecular complexity index is 489. The van der Waals surface area contributed by atoms with Crippen LogP contribution in [0.1, 0.15) is 12.8 Å². The third-order valence-corrected chi connectivity index (χ3v) is 3.30. The van der Waals surface area contributed by atoms with Gasteiger partial charge in [-0.2, -0.15) is 0 Å². The maximum atomic E-state index is 11.9.